The molecule has 3 rings (SSSR count). The topological polar surface area (TPSA) is 92.5 Å². The van der Waals surface area contributed by atoms with E-state index in [4.69, 9.17) is 0 Å². The molecule has 1 saturated heterocycles. The van der Waals surface area contributed by atoms with Gasteiger partial charge >= 0.3 is 0 Å². The summed E-state index contributed by atoms with van der Waals surface area (Å²) in [5.74, 6) is 0. The van der Waals surface area contributed by atoms with Crippen LogP contribution in [0.5, 0.6) is 0 Å². The van der Waals surface area contributed by atoms with E-state index in [-0.39, 0.29) is 5.69 Å². The standard InChI is InChI=1S/C19H23N3O4S/c23-22(24)18-8-4-16(5-9-18)14-20-15-17-6-10-19(11-7-17)27(25,26)21-12-2-1-3-13-21/h4-11,20H,1-3,12-15H2. The Morgan fingerprint density at radius 2 is 1.41 bits per heavy atom. The Balaban J connectivity index is 1.55. The maximum Gasteiger partial charge on any atom is 0.269 e. The van der Waals surface area contributed by atoms with Gasteiger partial charge < -0.3 is 5.32 Å². The third kappa shape index (κ3) is 4.91. The van der Waals surface area contributed by atoms with Crippen LogP contribution < -0.4 is 5.32 Å². The van der Waals surface area contributed by atoms with Crippen LogP contribution >= 0.6 is 0 Å². The molecular formula is C19H23N3O4S. The van der Waals surface area contributed by atoms with E-state index in [0.717, 1.165) is 30.4 Å². The normalized spacial score (nSPS) is 15.6. The van der Waals surface area contributed by atoms with Gasteiger partial charge in [-0.05, 0) is 36.1 Å². The Morgan fingerprint density at radius 3 is 1.93 bits per heavy atom. The molecule has 0 saturated carbocycles. The molecule has 2 aromatic carbocycles. The minimum Gasteiger partial charge on any atom is -0.309 e. The molecule has 0 amide bonds. The number of nitrogens with zero attached hydrogens (tertiary/aromatic N) is 2. The average Bonchev–Trinajstić information content (AvgIpc) is 2.69. The number of non-ortho nitro benzene ring substituents is 1. The molecule has 1 heterocycles. The van der Waals surface area contributed by atoms with Crippen LogP contribution in [0.2, 0.25) is 0 Å². The summed E-state index contributed by atoms with van der Waals surface area (Å²) in [5, 5.41) is 13.9. The van der Waals surface area contributed by atoms with Gasteiger partial charge in [-0.1, -0.05) is 30.7 Å². The van der Waals surface area contributed by atoms with Crippen molar-refractivity contribution in [1.82, 2.24) is 9.62 Å². The highest BCUT2D eigenvalue weighted by Gasteiger charge is 2.25. The van der Waals surface area contributed by atoms with Crippen molar-refractivity contribution in [2.75, 3.05) is 13.1 Å². The van der Waals surface area contributed by atoms with Gasteiger partial charge in [-0.2, -0.15) is 4.31 Å². The summed E-state index contributed by atoms with van der Waals surface area (Å²) in [4.78, 5) is 10.6. The number of nitro benzene ring substituents is 1. The zero-order chi connectivity index (χ0) is 19.3. The Bertz CT molecular complexity index is 874. The van der Waals surface area contributed by atoms with E-state index in [2.05, 4.69) is 5.32 Å². The number of hydrogen-bond acceptors (Lipinski definition) is 5. The van der Waals surface area contributed by atoms with Crippen molar-refractivity contribution in [3.8, 4) is 0 Å². The molecule has 0 spiro atoms. The van der Waals surface area contributed by atoms with Crippen LogP contribution in [-0.4, -0.2) is 30.7 Å². The number of rotatable bonds is 7. The lowest BCUT2D eigenvalue weighted by atomic mass is 10.2. The van der Waals surface area contributed by atoms with Crippen LogP contribution in [0.25, 0.3) is 0 Å². The third-order valence-electron chi connectivity index (χ3n) is 4.68. The van der Waals surface area contributed by atoms with E-state index >= 15 is 0 Å². The fourth-order valence-electron chi connectivity index (χ4n) is 3.12. The van der Waals surface area contributed by atoms with Crippen molar-refractivity contribution in [2.45, 2.75) is 37.2 Å². The van der Waals surface area contributed by atoms with Crippen molar-refractivity contribution in [3.05, 3.63) is 69.8 Å². The van der Waals surface area contributed by atoms with Crippen LogP contribution in [0.3, 0.4) is 0 Å². The molecule has 0 unspecified atom stereocenters. The van der Waals surface area contributed by atoms with Gasteiger partial charge in [0.1, 0.15) is 0 Å². The quantitative estimate of drug-likeness (QED) is 0.580. The molecule has 1 N–H and O–H groups in total. The maximum atomic E-state index is 12.6. The lowest BCUT2D eigenvalue weighted by Crippen LogP contribution is -2.35. The van der Waals surface area contributed by atoms with Crippen molar-refractivity contribution in [1.29, 1.82) is 0 Å². The lowest BCUT2D eigenvalue weighted by Gasteiger charge is -2.25. The molecule has 0 atom stereocenters. The smallest absolute Gasteiger partial charge is 0.269 e. The predicted octanol–water partition coefficient (Wildman–Crippen LogP) is 3.06. The zero-order valence-corrected chi connectivity index (χ0v) is 15.8. The fourth-order valence-corrected chi connectivity index (χ4v) is 4.64. The van der Waals surface area contributed by atoms with Crippen molar-refractivity contribution >= 4 is 15.7 Å². The molecule has 144 valence electrons. The molecule has 2 aromatic rings. The summed E-state index contributed by atoms with van der Waals surface area (Å²) in [5.41, 5.74) is 2.00. The summed E-state index contributed by atoms with van der Waals surface area (Å²) < 4.78 is 26.8. The van der Waals surface area contributed by atoms with Gasteiger partial charge in [0.05, 0.1) is 9.82 Å². The summed E-state index contributed by atoms with van der Waals surface area (Å²) in [6, 6.07) is 13.4. The number of benzene rings is 2. The number of nitrogens with one attached hydrogen (secondary N) is 1. The second-order valence-electron chi connectivity index (χ2n) is 6.64. The molecule has 0 radical (unpaired) electrons. The summed E-state index contributed by atoms with van der Waals surface area (Å²) in [7, 11) is -3.40. The first-order valence-electron chi connectivity index (χ1n) is 9.00. The van der Waals surface area contributed by atoms with E-state index in [1.54, 1.807) is 28.6 Å². The number of hydrogen-bond donors (Lipinski definition) is 1. The fraction of sp³-hybridized carbons (Fsp3) is 0.368. The highest BCUT2D eigenvalue weighted by atomic mass is 32.2. The first-order valence-corrected chi connectivity index (χ1v) is 10.4. The first kappa shape index (κ1) is 19.5. The summed E-state index contributed by atoms with van der Waals surface area (Å²) >= 11 is 0. The predicted molar refractivity (Wildman–Crippen MR) is 103 cm³/mol. The van der Waals surface area contributed by atoms with E-state index in [9.17, 15) is 18.5 Å². The Kier molecular flexibility index (Phi) is 6.20. The van der Waals surface area contributed by atoms with Gasteiger partial charge in [0.2, 0.25) is 10.0 Å². The molecule has 27 heavy (non-hydrogen) atoms. The van der Waals surface area contributed by atoms with Gasteiger partial charge in [-0.25, -0.2) is 8.42 Å². The first-order chi connectivity index (χ1) is 13.0. The average molecular weight is 389 g/mol. The summed E-state index contributed by atoms with van der Waals surface area (Å²) in [6.07, 6.45) is 2.93. The minimum absolute atomic E-state index is 0.0734. The minimum atomic E-state index is -3.40. The highest BCUT2D eigenvalue weighted by molar-refractivity contribution is 7.89. The molecular weight excluding hydrogens is 366 g/mol. The van der Waals surface area contributed by atoms with Gasteiger partial charge in [-0.3, -0.25) is 10.1 Å². The molecule has 0 aliphatic carbocycles. The van der Waals surface area contributed by atoms with Gasteiger partial charge in [0.25, 0.3) is 5.69 Å². The van der Waals surface area contributed by atoms with Gasteiger partial charge in [0.15, 0.2) is 0 Å². The van der Waals surface area contributed by atoms with Crippen LogP contribution in [0.1, 0.15) is 30.4 Å². The highest BCUT2D eigenvalue weighted by Crippen LogP contribution is 2.21. The molecule has 1 fully saturated rings. The van der Waals surface area contributed by atoms with E-state index in [1.807, 2.05) is 12.1 Å². The molecule has 0 bridgehead atoms. The second-order valence-corrected chi connectivity index (χ2v) is 8.57. The molecule has 1 aliphatic rings. The van der Waals surface area contributed by atoms with Crippen LogP contribution in [-0.2, 0) is 23.1 Å². The van der Waals surface area contributed by atoms with Gasteiger partial charge in [0, 0.05) is 38.3 Å². The van der Waals surface area contributed by atoms with E-state index in [0.29, 0.717) is 31.1 Å². The molecule has 7 nitrogen and oxygen atoms in total. The third-order valence-corrected chi connectivity index (χ3v) is 6.59. The van der Waals surface area contributed by atoms with E-state index in [1.165, 1.54) is 12.1 Å². The van der Waals surface area contributed by atoms with Crippen LogP contribution in [0.15, 0.2) is 53.4 Å². The lowest BCUT2D eigenvalue weighted by molar-refractivity contribution is -0.384. The maximum absolute atomic E-state index is 12.6. The number of nitro groups is 1. The van der Waals surface area contributed by atoms with E-state index < -0.39 is 14.9 Å². The van der Waals surface area contributed by atoms with Crippen molar-refractivity contribution < 1.29 is 13.3 Å². The Hall–Kier alpha value is -2.29. The summed E-state index contributed by atoms with van der Waals surface area (Å²) in [6.45, 7) is 2.36. The molecule has 8 heteroatoms. The van der Waals surface area contributed by atoms with Crippen molar-refractivity contribution in [3.63, 3.8) is 0 Å². The Labute approximate surface area is 159 Å². The van der Waals surface area contributed by atoms with Gasteiger partial charge in [-0.15, -0.1) is 0 Å². The molecule has 0 aromatic heterocycles. The van der Waals surface area contributed by atoms with Crippen LogP contribution in [0, 0.1) is 10.1 Å². The number of piperidine rings is 1. The molecule has 1 aliphatic heterocycles. The monoisotopic (exact) mass is 389 g/mol. The van der Waals surface area contributed by atoms with Crippen LogP contribution in [0.4, 0.5) is 5.69 Å². The number of sulfonamides is 1. The zero-order valence-electron chi connectivity index (χ0n) is 15.0. The van der Waals surface area contributed by atoms with Crippen molar-refractivity contribution in [2.24, 2.45) is 0 Å². The Morgan fingerprint density at radius 1 is 0.889 bits per heavy atom. The SMILES string of the molecule is O=[N+]([O-])c1ccc(CNCc2ccc(S(=O)(=O)N3CCCCC3)cc2)cc1. The second kappa shape index (κ2) is 8.60. The largest absolute Gasteiger partial charge is 0.309 e.